The molecule has 2 rings (SSSR count). The minimum atomic E-state index is -1.67. The molecule has 0 bridgehead atoms. The second kappa shape index (κ2) is 13.4. The van der Waals surface area contributed by atoms with E-state index in [-0.39, 0.29) is 12.3 Å². The van der Waals surface area contributed by atoms with Crippen LogP contribution in [0.2, 0.25) is 0 Å². The normalized spacial score (nSPS) is 12.9. The first kappa shape index (κ1) is 26.1. The number of ether oxygens (including phenoxy) is 1. The van der Waals surface area contributed by atoms with E-state index < -0.39 is 25.0 Å². The van der Waals surface area contributed by atoms with Crippen molar-refractivity contribution in [2.75, 3.05) is 25.7 Å². The Hall–Kier alpha value is -2.21. The van der Waals surface area contributed by atoms with Crippen LogP contribution in [0.3, 0.4) is 0 Å². The number of unbranched alkanes of at least 4 members (excludes halogenated alkanes) is 1. The molecule has 9 nitrogen and oxygen atoms in total. The third kappa shape index (κ3) is 7.73. The number of hydrogen-bond donors (Lipinski definition) is 6. The average Bonchev–Trinajstić information content (AvgIpc) is 3.17. The third-order valence-corrected chi connectivity index (χ3v) is 5.89. The Balaban J connectivity index is 2.08. The van der Waals surface area contributed by atoms with Crippen LogP contribution in [0.25, 0.3) is 10.9 Å². The van der Waals surface area contributed by atoms with Gasteiger partial charge < -0.3 is 36.1 Å². The highest BCUT2D eigenvalue weighted by molar-refractivity contribution is 7.98. The molecule has 0 aliphatic heterocycles. The second-order valence-corrected chi connectivity index (χ2v) is 8.60. The van der Waals surface area contributed by atoms with E-state index in [1.165, 1.54) is 0 Å². The van der Waals surface area contributed by atoms with Gasteiger partial charge in [-0.15, -0.1) is 0 Å². The summed E-state index contributed by atoms with van der Waals surface area (Å²) in [5.74, 6) is -0.180. The van der Waals surface area contributed by atoms with E-state index in [0.29, 0.717) is 37.3 Å². The van der Waals surface area contributed by atoms with E-state index in [4.69, 9.17) is 10.5 Å². The summed E-state index contributed by atoms with van der Waals surface area (Å²) < 4.78 is 5.27. The monoisotopic (exact) mass is 464 g/mol. The number of H-pyrrole nitrogens is 1. The molecular formula is C21H33BN4O5S. The zero-order valence-corrected chi connectivity index (χ0v) is 19.4. The number of fused-ring (bicyclic) bond motifs is 1. The van der Waals surface area contributed by atoms with Gasteiger partial charge in [-0.2, -0.15) is 11.8 Å². The number of rotatable bonds is 14. The number of amides is 2. The number of carbonyl (C=O) groups excluding carboxylic acids is 2. The summed E-state index contributed by atoms with van der Waals surface area (Å²) in [5.41, 5.74) is 7.25. The molecule has 1 aromatic carbocycles. The summed E-state index contributed by atoms with van der Waals surface area (Å²) in [5, 5.41) is 25.5. The minimum Gasteiger partial charge on any atom is -0.497 e. The second-order valence-electron chi connectivity index (χ2n) is 7.62. The highest BCUT2D eigenvalue weighted by atomic mass is 32.2. The van der Waals surface area contributed by atoms with Gasteiger partial charge in [-0.3, -0.25) is 9.59 Å². The topological polar surface area (TPSA) is 150 Å². The molecule has 0 aliphatic rings. The standard InChI is InChI=1S/C21H33BN4O5S/c1-31-15-6-7-17-16(12-15)14(13-24-17)11-20(27)25-18(5-3-4-9-23)21(28)26-19(22(29)30)8-10-32-2/h6-7,12-13,18-19,24,29-30H,3-5,8-11,23H2,1-2H3,(H,25,27)(H,26,28)/t18-,19-/m0/s1. The Labute approximate surface area is 193 Å². The van der Waals surface area contributed by atoms with Crippen LogP contribution >= 0.6 is 11.8 Å². The van der Waals surface area contributed by atoms with Gasteiger partial charge in [0.2, 0.25) is 11.8 Å². The van der Waals surface area contributed by atoms with Crippen LogP contribution in [0.15, 0.2) is 24.4 Å². The van der Waals surface area contributed by atoms with Gasteiger partial charge in [0.15, 0.2) is 0 Å². The predicted octanol–water partition coefficient (Wildman–Crippen LogP) is 0.583. The number of nitrogens with one attached hydrogen (secondary N) is 3. The molecule has 1 heterocycles. The molecule has 0 saturated heterocycles. The Kier molecular flexibility index (Phi) is 10.9. The lowest BCUT2D eigenvalue weighted by molar-refractivity contribution is -0.129. The number of benzene rings is 1. The predicted molar refractivity (Wildman–Crippen MR) is 129 cm³/mol. The van der Waals surface area contributed by atoms with Gasteiger partial charge in [0.1, 0.15) is 11.8 Å². The highest BCUT2D eigenvalue weighted by Gasteiger charge is 2.29. The zero-order chi connectivity index (χ0) is 23.5. The van der Waals surface area contributed by atoms with Crippen molar-refractivity contribution >= 4 is 41.6 Å². The Morgan fingerprint density at radius 3 is 2.69 bits per heavy atom. The fraction of sp³-hybridized carbons (Fsp3) is 0.524. The summed E-state index contributed by atoms with van der Waals surface area (Å²) in [4.78, 5) is 28.8. The van der Waals surface area contributed by atoms with Crippen molar-refractivity contribution in [3.05, 3.63) is 30.0 Å². The number of aromatic nitrogens is 1. The van der Waals surface area contributed by atoms with Gasteiger partial charge in [0, 0.05) is 17.1 Å². The number of thioether (sulfide) groups is 1. The van der Waals surface area contributed by atoms with Crippen molar-refractivity contribution in [1.82, 2.24) is 15.6 Å². The first-order chi connectivity index (χ1) is 15.4. The summed E-state index contributed by atoms with van der Waals surface area (Å²) in [6.07, 6.45) is 5.97. The molecule has 0 unspecified atom stereocenters. The van der Waals surface area contributed by atoms with Gasteiger partial charge in [-0.1, -0.05) is 0 Å². The van der Waals surface area contributed by atoms with E-state index in [0.717, 1.165) is 22.9 Å². The molecule has 0 fully saturated rings. The van der Waals surface area contributed by atoms with Crippen molar-refractivity contribution in [1.29, 1.82) is 0 Å². The molecule has 2 amide bonds. The van der Waals surface area contributed by atoms with Crippen molar-refractivity contribution in [2.24, 2.45) is 5.73 Å². The molecule has 0 radical (unpaired) electrons. The van der Waals surface area contributed by atoms with Crippen LogP contribution in [0.4, 0.5) is 0 Å². The molecule has 0 aliphatic carbocycles. The van der Waals surface area contributed by atoms with Crippen molar-refractivity contribution in [2.45, 2.75) is 44.1 Å². The Morgan fingerprint density at radius 2 is 2.03 bits per heavy atom. The lowest BCUT2D eigenvalue weighted by Crippen LogP contribution is -2.54. The number of carbonyl (C=O) groups is 2. The minimum absolute atomic E-state index is 0.0896. The molecule has 2 aromatic rings. The van der Waals surface area contributed by atoms with Crippen LogP contribution in [-0.4, -0.2) is 71.6 Å². The smallest absolute Gasteiger partial charge is 0.475 e. The van der Waals surface area contributed by atoms with Crippen LogP contribution < -0.4 is 21.1 Å². The number of hydrogen-bond acceptors (Lipinski definition) is 7. The highest BCUT2D eigenvalue weighted by Crippen LogP contribution is 2.24. The van der Waals surface area contributed by atoms with Crippen LogP contribution in [0.1, 0.15) is 31.2 Å². The van der Waals surface area contributed by atoms with Gasteiger partial charge in [-0.05, 0) is 68.0 Å². The Morgan fingerprint density at radius 1 is 1.25 bits per heavy atom. The first-order valence-electron chi connectivity index (χ1n) is 10.7. The lowest BCUT2D eigenvalue weighted by Gasteiger charge is -2.23. The maximum Gasteiger partial charge on any atom is 0.475 e. The van der Waals surface area contributed by atoms with E-state index in [9.17, 15) is 19.6 Å². The molecule has 7 N–H and O–H groups in total. The van der Waals surface area contributed by atoms with Crippen molar-refractivity contribution in [3.8, 4) is 5.75 Å². The maximum absolute atomic E-state index is 12.8. The summed E-state index contributed by atoms with van der Waals surface area (Å²) >= 11 is 1.55. The summed E-state index contributed by atoms with van der Waals surface area (Å²) in [6.45, 7) is 0.491. The molecule has 176 valence electrons. The summed E-state index contributed by atoms with van der Waals surface area (Å²) in [6, 6.07) is 4.79. The Bertz CT molecular complexity index is 879. The first-order valence-corrected chi connectivity index (χ1v) is 12.1. The summed E-state index contributed by atoms with van der Waals surface area (Å²) in [7, 11) is -0.0896. The number of aromatic amines is 1. The van der Waals surface area contributed by atoms with Crippen LogP contribution in [-0.2, 0) is 16.0 Å². The molecular weight excluding hydrogens is 431 g/mol. The van der Waals surface area contributed by atoms with E-state index in [1.807, 2.05) is 24.5 Å². The zero-order valence-electron chi connectivity index (χ0n) is 18.6. The van der Waals surface area contributed by atoms with Crippen molar-refractivity contribution in [3.63, 3.8) is 0 Å². The van der Waals surface area contributed by atoms with Crippen molar-refractivity contribution < 1.29 is 24.4 Å². The van der Waals surface area contributed by atoms with E-state index in [1.54, 1.807) is 25.1 Å². The SMILES string of the molecule is COc1ccc2[nH]cc(CC(=O)N[C@@H](CCCCN)C(=O)N[C@@H](CCSC)B(O)O)c2c1. The largest absolute Gasteiger partial charge is 0.497 e. The third-order valence-electron chi connectivity index (χ3n) is 5.24. The van der Waals surface area contributed by atoms with Crippen LogP contribution in [0.5, 0.6) is 5.75 Å². The van der Waals surface area contributed by atoms with Gasteiger partial charge in [0.25, 0.3) is 0 Å². The van der Waals surface area contributed by atoms with Crippen LogP contribution in [0, 0.1) is 0 Å². The molecule has 2 atom stereocenters. The maximum atomic E-state index is 12.8. The fourth-order valence-electron chi connectivity index (χ4n) is 3.43. The molecule has 0 spiro atoms. The van der Waals surface area contributed by atoms with E-state index >= 15 is 0 Å². The molecule has 11 heteroatoms. The van der Waals surface area contributed by atoms with Gasteiger partial charge in [-0.25, -0.2) is 0 Å². The van der Waals surface area contributed by atoms with Gasteiger partial charge in [0.05, 0.1) is 19.5 Å². The quantitative estimate of drug-likeness (QED) is 0.177. The average molecular weight is 464 g/mol. The molecule has 1 aromatic heterocycles. The fourth-order valence-corrected chi connectivity index (χ4v) is 3.92. The molecule has 0 saturated carbocycles. The van der Waals surface area contributed by atoms with Gasteiger partial charge >= 0.3 is 7.12 Å². The lowest BCUT2D eigenvalue weighted by atomic mass is 9.77. The number of methoxy groups -OCH3 is 1. The number of nitrogens with two attached hydrogens (primary N) is 1. The molecule has 32 heavy (non-hydrogen) atoms. The van der Waals surface area contributed by atoms with E-state index in [2.05, 4.69) is 15.6 Å².